The summed E-state index contributed by atoms with van der Waals surface area (Å²) in [6.07, 6.45) is 3.76. The minimum Gasteiger partial charge on any atom is -0.345 e. The topological polar surface area (TPSA) is 49.4 Å². The molecule has 1 aliphatic carbocycles. The van der Waals surface area contributed by atoms with E-state index in [1.54, 1.807) is 0 Å². The van der Waals surface area contributed by atoms with E-state index in [1.165, 1.54) is 0 Å². The van der Waals surface area contributed by atoms with Crippen LogP contribution in [-0.2, 0) is 9.59 Å². The van der Waals surface area contributed by atoms with Crippen molar-refractivity contribution in [2.45, 2.75) is 45.1 Å². The second kappa shape index (κ2) is 4.07. The van der Waals surface area contributed by atoms with Gasteiger partial charge < -0.3 is 10.2 Å². The molecule has 1 heterocycles. The Kier molecular flexibility index (Phi) is 2.91. The van der Waals surface area contributed by atoms with E-state index in [0.29, 0.717) is 12.5 Å². The first-order valence-corrected chi connectivity index (χ1v) is 6.15. The molecule has 1 N–H and O–H groups in total. The Balaban J connectivity index is 2.26. The SMILES string of the molecule is CC(C)CN1C(=O)CNC(=O)C12CCCC2. The molecule has 16 heavy (non-hydrogen) atoms. The Morgan fingerprint density at radius 3 is 2.50 bits per heavy atom. The van der Waals surface area contributed by atoms with Crippen LogP contribution < -0.4 is 5.32 Å². The van der Waals surface area contributed by atoms with Crippen LogP contribution in [0, 0.1) is 5.92 Å². The van der Waals surface area contributed by atoms with Gasteiger partial charge in [-0.3, -0.25) is 9.59 Å². The summed E-state index contributed by atoms with van der Waals surface area (Å²) in [7, 11) is 0. The molecule has 0 aromatic heterocycles. The van der Waals surface area contributed by atoms with Gasteiger partial charge in [-0.1, -0.05) is 26.7 Å². The van der Waals surface area contributed by atoms with E-state index in [9.17, 15) is 9.59 Å². The maximum atomic E-state index is 12.1. The van der Waals surface area contributed by atoms with Gasteiger partial charge in [0.25, 0.3) is 0 Å². The molecule has 0 unspecified atom stereocenters. The predicted octanol–water partition coefficient (Wildman–Crippen LogP) is 0.914. The van der Waals surface area contributed by atoms with Crippen molar-refractivity contribution in [3.63, 3.8) is 0 Å². The van der Waals surface area contributed by atoms with E-state index in [0.717, 1.165) is 25.7 Å². The minimum atomic E-state index is -0.514. The highest BCUT2D eigenvalue weighted by Crippen LogP contribution is 2.37. The van der Waals surface area contributed by atoms with Crippen molar-refractivity contribution in [3.05, 3.63) is 0 Å². The summed E-state index contributed by atoms with van der Waals surface area (Å²) < 4.78 is 0. The number of carbonyl (C=O) groups excluding carboxylic acids is 2. The third kappa shape index (κ3) is 1.70. The monoisotopic (exact) mass is 224 g/mol. The third-order valence-electron chi connectivity index (χ3n) is 3.62. The van der Waals surface area contributed by atoms with Crippen LogP contribution in [0.1, 0.15) is 39.5 Å². The van der Waals surface area contributed by atoms with Crippen LogP contribution in [0.4, 0.5) is 0 Å². The van der Waals surface area contributed by atoms with E-state index in [1.807, 2.05) is 4.90 Å². The van der Waals surface area contributed by atoms with Gasteiger partial charge >= 0.3 is 0 Å². The average molecular weight is 224 g/mol. The Hall–Kier alpha value is -1.06. The molecule has 0 aromatic rings. The maximum absolute atomic E-state index is 12.1. The molecule has 0 aromatic carbocycles. The lowest BCUT2D eigenvalue weighted by Gasteiger charge is -2.44. The predicted molar refractivity (Wildman–Crippen MR) is 60.8 cm³/mol. The summed E-state index contributed by atoms with van der Waals surface area (Å²) in [5.74, 6) is 0.549. The third-order valence-corrected chi connectivity index (χ3v) is 3.62. The van der Waals surface area contributed by atoms with Gasteiger partial charge in [0.2, 0.25) is 11.8 Å². The molecule has 1 spiro atoms. The molecule has 0 bridgehead atoms. The number of hydrogen-bond acceptors (Lipinski definition) is 2. The summed E-state index contributed by atoms with van der Waals surface area (Å²) in [4.78, 5) is 25.8. The summed E-state index contributed by atoms with van der Waals surface area (Å²) in [6, 6.07) is 0. The fourth-order valence-electron chi connectivity index (χ4n) is 2.88. The number of nitrogens with zero attached hydrogens (tertiary/aromatic N) is 1. The molecule has 1 aliphatic heterocycles. The Bertz CT molecular complexity index is 306. The number of piperazine rings is 1. The lowest BCUT2D eigenvalue weighted by atomic mass is 9.90. The van der Waals surface area contributed by atoms with Gasteiger partial charge in [-0.05, 0) is 18.8 Å². The number of amides is 2. The largest absolute Gasteiger partial charge is 0.345 e. The molecule has 90 valence electrons. The van der Waals surface area contributed by atoms with Crippen LogP contribution in [-0.4, -0.2) is 35.3 Å². The molecule has 1 saturated carbocycles. The Labute approximate surface area is 96.4 Å². The zero-order valence-electron chi connectivity index (χ0n) is 10.1. The molecule has 2 amide bonds. The van der Waals surface area contributed by atoms with Crippen molar-refractivity contribution in [2.75, 3.05) is 13.1 Å². The van der Waals surface area contributed by atoms with Crippen LogP contribution >= 0.6 is 0 Å². The highest BCUT2D eigenvalue weighted by atomic mass is 16.2. The van der Waals surface area contributed by atoms with Crippen molar-refractivity contribution in [1.29, 1.82) is 0 Å². The molecule has 2 rings (SSSR count). The fourth-order valence-corrected chi connectivity index (χ4v) is 2.88. The van der Waals surface area contributed by atoms with Gasteiger partial charge in [0, 0.05) is 6.54 Å². The van der Waals surface area contributed by atoms with E-state index < -0.39 is 5.54 Å². The summed E-state index contributed by atoms with van der Waals surface area (Å²) >= 11 is 0. The van der Waals surface area contributed by atoms with Crippen LogP contribution in [0.25, 0.3) is 0 Å². The first-order valence-electron chi connectivity index (χ1n) is 6.15. The minimum absolute atomic E-state index is 0.0604. The number of hydrogen-bond donors (Lipinski definition) is 1. The van der Waals surface area contributed by atoms with Crippen LogP contribution in [0.3, 0.4) is 0 Å². The summed E-state index contributed by atoms with van der Waals surface area (Å²) in [5.41, 5.74) is -0.514. The Morgan fingerprint density at radius 2 is 1.94 bits per heavy atom. The van der Waals surface area contributed by atoms with Crippen molar-refractivity contribution in [3.8, 4) is 0 Å². The average Bonchev–Trinajstić information content (AvgIpc) is 2.69. The van der Waals surface area contributed by atoms with Crippen LogP contribution in [0.5, 0.6) is 0 Å². The number of carbonyl (C=O) groups is 2. The maximum Gasteiger partial charge on any atom is 0.246 e. The number of rotatable bonds is 2. The normalized spacial score (nSPS) is 24.3. The first kappa shape index (κ1) is 11.4. The van der Waals surface area contributed by atoms with E-state index in [2.05, 4.69) is 19.2 Å². The van der Waals surface area contributed by atoms with Crippen LogP contribution in [0.2, 0.25) is 0 Å². The van der Waals surface area contributed by atoms with Gasteiger partial charge in [-0.2, -0.15) is 0 Å². The van der Waals surface area contributed by atoms with Crippen molar-refractivity contribution in [2.24, 2.45) is 5.92 Å². The molecule has 2 aliphatic rings. The van der Waals surface area contributed by atoms with Gasteiger partial charge in [-0.15, -0.1) is 0 Å². The molecular weight excluding hydrogens is 204 g/mol. The van der Waals surface area contributed by atoms with Gasteiger partial charge in [0.15, 0.2) is 0 Å². The van der Waals surface area contributed by atoms with Crippen molar-refractivity contribution in [1.82, 2.24) is 10.2 Å². The molecule has 0 radical (unpaired) electrons. The lowest BCUT2D eigenvalue weighted by Crippen LogP contribution is -2.66. The van der Waals surface area contributed by atoms with Gasteiger partial charge in [0.1, 0.15) is 5.54 Å². The first-order chi connectivity index (χ1) is 7.56. The highest BCUT2D eigenvalue weighted by Gasteiger charge is 2.50. The lowest BCUT2D eigenvalue weighted by molar-refractivity contribution is -0.154. The van der Waals surface area contributed by atoms with Crippen LogP contribution in [0.15, 0.2) is 0 Å². The van der Waals surface area contributed by atoms with Gasteiger partial charge in [0.05, 0.1) is 6.54 Å². The zero-order valence-corrected chi connectivity index (χ0v) is 10.1. The second-order valence-corrected chi connectivity index (χ2v) is 5.32. The summed E-state index contributed by atoms with van der Waals surface area (Å²) in [6.45, 7) is 5.05. The summed E-state index contributed by atoms with van der Waals surface area (Å²) in [5, 5.41) is 2.74. The molecule has 4 nitrogen and oxygen atoms in total. The Morgan fingerprint density at radius 1 is 1.31 bits per heavy atom. The van der Waals surface area contributed by atoms with E-state index in [4.69, 9.17) is 0 Å². The smallest absolute Gasteiger partial charge is 0.246 e. The quantitative estimate of drug-likeness (QED) is 0.758. The zero-order chi connectivity index (χ0) is 11.8. The fraction of sp³-hybridized carbons (Fsp3) is 0.833. The standard InChI is InChI=1S/C12H20N2O2/c1-9(2)8-14-10(15)7-13-11(16)12(14)5-3-4-6-12/h9H,3-8H2,1-2H3,(H,13,16). The van der Waals surface area contributed by atoms with E-state index >= 15 is 0 Å². The van der Waals surface area contributed by atoms with Crippen molar-refractivity contribution < 1.29 is 9.59 Å². The molecule has 1 saturated heterocycles. The molecule has 2 fully saturated rings. The van der Waals surface area contributed by atoms with Crippen molar-refractivity contribution >= 4 is 11.8 Å². The second-order valence-electron chi connectivity index (χ2n) is 5.32. The van der Waals surface area contributed by atoms with E-state index in [-0.39, 0.29) is 18.4 Å². The van der Waals surface area contributed by atoms with Gasteiger partial charge in [-0.25, -0.2) is 0 Å². The molecule has 4 heteroatoms. The molecular formula is C12H20N2O2. The number of nitrogens with one attached hydrogen (secondary N) is 1. The molecule has 0 atom stereocenters. The highest BCUT2D eigenvalue weighted by molar-refractivity contribution is 5.98.